The topological polar surface area (TPSA) is 78.5 Å². The lowest BCUT2D eigenvalue weighted by Crippen LogP contribution is -2.10. The van der Waals surface area contributed by atoms with Crippen molar-refractivity contribution in [3.8, 4) is 11.3 Å². The molecule has 0 saturated carbocycles. The van der Waals surface area contributed by atoms with E-state index < -0.39 is 17.7 Å². The van der Waals surface area contributed by atoms with Gasteiger partial charge in [-0.05, 0) is 18.6 Å². The fourth-order valence-electron chi connectivity index (χ4n) is 2.94. The van der Waals surface area contributed by atoms with Crippen molar-refractivity contribution in [3.63, 3.8) is 0 Å². The van der Waals surface area contributed by atoms with Crippen LogP contribution in [0.25, 0.3) is 11.3 Å². The largest absolute Gasteiger partial charge is 0.363 e. The fraction of sp³-hybridized carbons (Fsp3) is 0.0952. The molecular formula is C21H18F2N6. The fourth-order valence-corrected chi connectivity index (χ4v) is 2.94. The Bertz CT molecular complexity index is 1110. The van der Waals surface area contributed by atoms with Crippen molar-refractivity contribution >= 4 is 17.5 Å². The van der Waals surface area contributed by atoms with Gasteiger partial charge in [0.15, 0.2) is 5.82 Å². The van der Waals surface area contributed by atoms with Crippen molar-refractivity contribution in [2.45, 2.75) is 13.0 Å². The van der Waals surface area contributed by atoms with Crippen molar-refractivity contribution in [3.05, 3.63) is 84.2 Å². The molecule has 0 radical (unpaired) electrons. The molecular weight excluding hydrogens is 374 g/mol. The minimum absolute atomic E-state index is 0.347. The van der Waals surface area contributed by atoms with Crippen LogP contribution in [0.5, 0.6) is 0 Å². The molecule has 0 aliphatic carbocycles. The number of anilines is 3. The minimum Gasteiger partial charge on any atom is -0.363 e. The Morgan fingerprint density at radius 3 is 2.48 bits per heavy atom. The summed E-state index contributed by atoms with van der Waals surface area (Å²) in [5.41, 5.74) is 2.24. The van der Waals surface area contributed by atoms with Crippen LogP contribution in [-0.4, -0.2) is 20.2 Å². The van der Waals surface area contributed by atoms with Crippen LogP contribution < -0.4 is 10.6 Å². The van der Waals surface area contributed by atoms with Crippen LogP contribution in [0.3, 0.4) is 0 Å². The van der Waals surface area contributed by atoms with Gasteiger partial charge in [-0.3, -0.25) is 5.10 Å². The first-order chi connectivity index (χ1) is 14.1. The molecule has 8 heteroatoms. The molecule has 0 spiro atoms. The molecule has 0 amide bonds. The molecule has 29 heavy (non-hydrogen) atoms. The molecule has 3 N–H and O–H groups in total. The van der Waals surface area contributed by atoms with Crippen LogP contribution >= 0.6 is 0 Å². The van der Waals surface area contributed by atoms with Crippen LogP contribution in [0.4, 0.5) is 26.2 Å². The van der Waals surface area contributed by atoms with E-state index in [0.29, 0.717) is 23.0 Å². The number of hydrogen-bond acceptors (Lipinski definition) is 5. The molecule has 6 nitrogen and oxygen atoms in total. The molecule has 1 unspecified atom stereocenters. The van der Waals surface area contributed by atoms with E-state index in [2.05, 4.69) is 30.8 Å². The number of rotatable bonds is 6. The van der Waals surface area contributed by atoms with Gasteiger partial charge in [-0.15, -0.1) is 0 Å². The second-order valence-electron chi connectivity index (χ2n) is 6.48. The predicted octanol–water partition coefficient (Wildman–Crippen LogP) is 5.06. The molecule has 0 bridgehead atoms. The highest BCUT2D eigenvalue weighted by Crippen LogP contribution is 2.24. The first kappa shape index (κ1) is 18.5. The summed E-state index contributed by atoms with van der Waals surface area (Å²) in [6, 6.07) is 16.5. The molecule has 2 heterocycles. The van der Waals surface area contributed by atoms with Gasteiger partial charge in [-0.2, -0.15) is 5.10 Å². The van der Waals surface area contributed by atoms with Gasteiger partial charge >= 0.3 is 0 Å². The Hall–Kier alpha value is -3.81. The van der Waals surface area contributed by atoms with Gasteiger partial charge in [-0.25, -0.2) is 18.7 Å². The van der Waals surface area contributed by atoms with E-state index in [-0.39, 0.29) is 0 Å². The van der Waals surface area contributed by atoms with E-state index in [0.717, 1.165) is 17.3 Å². The highest BCUT2D eigenvalue weighted by molar-refractivity contribution is 5.65. The summed E-state index contributed by atoms with van der Waals surface area (Å²) < 4.78 is 27.1. The first-order valence-electron chi connectivity index (χ1n) is 9.00. The Balaban J connectivity index is 1.47. The zero-order valence-electron chi connectivity index (χ0n) is 15.5. The van der Waals surface area contributed by atoms with Gasteiger partial charge < -0.3 is 10.6 Å². The number of hydrogen-bond donors (Lipinski definition) is 3. The van der Waals surface area contributed by atoms with Crippen molar-refractivity contribution in [2.24, 2.45) is 0 Å². The first-order valence-corrected chi connectivity index (χ1v) is 9.00. The molecule has 0 saturated heterocycles. The molecule has 4 rings (SSSR count). The van der Waals surface area contributed by atoms with Gasteiger partial charge in [-0.1, -0.05) is 36.4 Å². The standard InChI is InChI=1S/C21H18F2N6/c1-13(16-8-7-15(22)9-17(16)23)26-19-11-20(25-12-24-19)27-21-10-18(28-29-21)14-5-3-2-4-6-14/h2-13H,1H3,(H3,24,25,26,27,28,29). The molecule has 4 aromatic rings. The lowest BCUT2D eigenvalue weighted by Gasteiger charge is -2.16. The van der Waals surface area contributed by atoms with E-state index in [1.807, 2.05) is 36.4 Å². The van der Waals surface area contributed by atoms with Gasteiger partial charge in [0.1, 0.15) is 29.6 Å². The Morgan fingerprint density at radius 2 is 1.69 bits per heavy atom. The summed E-state index contributed by atoms with van der Waals surface area (Å²) in [6.07, 6.45) is 1.39. The van der Waals surface area contributed by atoms with Crippen LogP contribution in [-0.2, 0) is 0 Å². The van der Waals surface area contributed by atoms with E-state index in [4.69, 9.17) is 0 Å². The molecule has 2 aromatic heterocycles. The minimum atomic E-state index is -0.610. The van der Waals surface area contributed by atoms with E-state index in [1.54, 1.807) is 13.0 Å². The van der Waals surface area contributed by atoms with E-state index >= 15 is 0 Å². The smallest absolute Gasteiger partial charge is 0.153 e. The highest BCUT2D eigenvalue weighted by Gasteiger charge is 2.13. The van der Waals surface area contributed by atoms with E-state index in [1.165, 1.54) is 18.5 Å². The number of nitrogens with one attached hydrogen (secondary N) is 3. The number of H-pyrrole nitrogens is 1. The molecule has 0 aliphatic rings. The number of aromatic nitrogens is 4. The number of benzene rings is 2. The van der Waals surface area contributed by atoms with Crippen molar-refractivity contribution < 1.29 is 8.78 Å². The maximum absolute atomic E-state index is 14.0. The lowest BCUT2D eigenvalue weighted by atomic mass is 10.1. The third-order valence-corrected chi connectivity index (χ3v) is 4.38. The zero-order valence-corrected chi connectivity index (χ0v) is 15.5. The molecule has 0 fully saturated rings. The van der Waals surface area contributed by atoms with Crippen LogP contribution in [0.15, 0.2) is 67.0 Å². The molecule has 146 valence electrons. The van der Waals surface area contributed by atoms with Gasteiger partial charge in [0.25, 0.3) is 0 Å². The molecule has 1 atom stereocenters. The Morgan fingerprint density at radius 1 is 0.897 bits per heavy atom. The average molecular weight is 392 g/mol. The SMILES string of the molecule is CC(Nc1cc(Nc2cc(-c3ccccc3)[nH]n2)ncn1)c1ccc(F)cc1F. The van der Waals surface area contributed by atoms with Gasteiger partial charge in [0, 0.05) is 23.8 Å². The predicted molar refractivity (Wildman–Crippen MR) is 108 cm³/mol. The van der Waals surface area contributed by atoms with Crippen LogP contribution in [0, 0.1) is 11.6 Å². The van der Waals surface area contributed by atoms with Crippen molar-refractivity contribution in [1.29, 1.82) is 0 Å². The summed E-state index contributed by atoms with van der Waals surface area (Å²) in [6.45, 7) is 1.77. The number of nitrogens with zero attached hydrogens (tertiary/aromatic N) is 3. The zero-order chi connectivity index (χ0) is 20.2. The normalized spacial score (nSPS) is 11.8. The van der Waals surface area contributed by atoms with E-state index in [9.17, 15) is 8.78 Å². The van der Waals surface area contributed by atoms with Crippen molar-refractivity contribution in [1.82, 2.24) is 20.2 Å². The number of halogens is 2. The maximum Gasteiger partial charge on any atom is 0.153 e. The van der Waals surface area contributed by atoms with Gasteiger partial charge in [0.05, 0.1) is 11.7 Å². The number of aromatic amines is 1. The average Bonchev–Trinajstić information content (AvgIpc) is 3.17. The quantitative estimate of drug-likeness (QED) is 0.427. The molecule has 0 aliphatic heterocycles. The van der Waals surface area contributed by atoms with Crippen LogP contribution in [0.1, 0.15) is 18.5 Å². The highest BCUT2D eigenvalue weighted by atomic mass is 19.1. The maximum atomic E-state index is 14.0. The summed E-state index contributed by atoms with van der Waals surface area (Å²) in [5.74, 6) is 0.410. The summed E-state index contributed by atoms with van der Waals surface area (Å²) in [7, 11) is 0. The lowest BCUT2D eigenvalue weighted by molar-refractivity contribution is 0.566. The molecule has 2 aromatic carbocycles. The summed E-state index contributed by atoms with van der Waals surface area (Å²) in [4.78, 5) is 8.35. The summed E-state index contributed by atoms with van der Waals surface area (Å²) >= 11 is 0. The Labute approximate surface area is 166 Å². The Kier molecular flexibility index (Phi) is 5.15. The van der Waals surface area contributed by atoms with Crippen LogP contribution in [0.2, 0.25) is 0 Å². The monoisotopic (exact) mass is 392 g/mol. The van der Waals surface area contributed by atoms with Gasteiger partial charge in [0.2, 0.25) is 0 Å². The summed E-state index contributed by atoms with van der Waals surface area (Å²) in [5, 5.41) is 13.4. The third-order valence-electron chi connectivity index (χ3n) is 4.38. The third kappa shape index (κ3) is 4.37. The van der Waals surface area contributed by atoms with Crippen molar-refractivity contribution in [2.75, 3.05) is 10.6 Å². The second-order valence-corrected chi connectivity index (χ2v) is 6.48. The second kappa shape index (κ2) is 8.05.